The second kappa shape index (κ2) is 14.6. The van der Waals surface area contributed by atoms with Crippen LogP contribution in [0.1, 0.15) is 37.6 Å². The summed E-state index contributed by atoms with van der Waals surface area (Å²) in [4.78, 5) is 22.1. The number of amides is 2. The van der Waals surface area contributed by atoms with Crippen molar-refractivity contribution in [3.8, 4) is 22.9 Å². The minimum Gasteiger partial charge on any atom is -0.497 e. The molecule has 2 aromatic carbocycles. The molecule has 0 unspecified atom stereocenters. The molecule has 0 atom stereocenters. The highest BCUT2D eigenvalue weighted by Gasteiger charge is 2.37. The number of nitrogens with zero attached hydrogens (tertiary/aromatic N) is 7. The van der Waals surface area contributed by atoms with E-state index in [1.54, 1.807) is 30.0 Å². The van der Waals surface area contributed by atoms with Crippen molar-refractivity contribution in [2.45, 2.75) is 58.8 Å². The number of carbonyl (C=O) groups excluding carboxylic acids is 1. The van der Waals surface area contributed by atoms with Gasteiger partial charge in [0.1, 0.15) is 17.3 Å². The summed E-state index contributed by atoms with van der Waals surface area (Å²) < 4.78 is 21.4. The Bertz CT molecular complexity index is 1970. The van der Waals surface area contributed by atoms with Crippen molar-refractivity contribution in [1.82, 2.24) is 29.4 Å². The first-order valence-corrected chi connectivity index (χ1v) is 20.1. The maximum Gasteiger partial charge on any atom is 0.326 e. The highest BCUT2D eigenvalue weighted by atomic mass is 28.4. The number of aromatic nitrogens is 5. The first-order chi connectivity index (χ1) is 24.4. The number of rotatable bonds is 13. The molecule has 268 valence electrons. The van der Waals surface area contributed by atoms with E-state index in [0.29, 0.717) is 50.0 Å². The van der Waals surface area contributed by atoms with Crippen molar-refractivity contribution in [3.63, 3.8) is 0 Å². The molecule has 0 bridgehead atoms. The van der Waals surface area contributed by atoms with Gasteiger partial charge < -0.3 is 24.1 Å². The Hall–Kier alpha value is -5.14. The molecule has 1 fully saturated rings. The van der Waals surface area contributed by atoms with Crippen molar-refractivity contribution < 1.29 is 18.7 Å². The number of hydrogen-bond acceptors (Lipinski definition) is 8. The van der Waals surface area contributed by atoms with Crippen molar-refractivity contribution in [3.05, 3.63) is 96.1 Å². The Kier molecular flexibility index (Phi) is 10.2. The molecule has 5 aromatic rings. The normalized spacial score (nSPS) is 13.6. The third-order valence-corrected chi connectivity index (χ3v) is 14.3. The fourth-order valence-electron chi connectivity index (χ4n) is 5.82. The predicted octanol–water partition coefficient (Wildman–Crippen LogP) is 7.53. The lowest BCUT2D eigenvalue weighted by Crippen LogP contribution is -2.41. The number of ether oxygens (including phenoxy) is 2. The van der Waals surface area contributed by atoms with Crippen LogP contribution in [-0.4, -0.2) is 77.7 Å². The van der Waals surface area contributed by atoms with Crippen LogP contribution in [0.3, 0.4) is 0 Å². The van der Waals surface area contributed by atoms with E-state index in [4.69, 9.17) is 24.0 Å². The van der Waals surface area contributed by atoms with Crippen molar-refractivity contribution in [2.75, 3.05) is 44.1 Å². The minimum atomic E-state index is -2.01. The lowest BCUT2D eigenvalue weighted by Gasteiger charge is -2.36. The maximum atomic E-state index is 13.6. The van der Waals surface area contributed by atoms with Crippen LogP contribution < -0.4 is 19.7 Å². The Balaban J connectivity index is 1.30. The fourth-order valence-corrected chi connectivity index (χ4v) is 6.87. The van der Waals surface area contributed by atoms with Crippen LogP contribution in [0.5, 0.6) is 11.5 Å². The van der Waals surface area contributed by atoms with Gasteiger partial charge in [0.05, 0.1) is 31.3 Å². The van der Waals surface area contributed by atoms with Gasteiger partial charge in [0.15, 0.2) is 14.1 Å². The molecular weight excluding hydrogens is 661 g/mol. The number of urea groups is 1. The topological polar surface area (TPSA) is 112 Å². The van der Waals surface area contributed by atoms with E-state index in [2.05, 4.69) is 44.3 Å². The summed E-state index contributed by atoms with van der Waals surface area (Å²) in [5, 5.41) is 13.0. The zero-order chi connectivity index (χ0) is 36.3. The maximum absolute atomic E-state index is 13.6. The third kappa shape index (κ3) is 7.79. The highest BCUT2D eigenvalue weighted by molar-refractivity contribution is 6.74. The fraction of sp³-hybridized carbons (Fsp3) is 0.368. The van der Waals surface area contributed by atoms with Gasteiger partial charge in [-0.2, -0.15) is 5.10 Å². The highest BCUT2D eigenvalue weighted by Crippen LogP contribution is 2.37. The van der Waals surface area contributed by atoms with Crippen molar-refractivity contribution in [2.24, 2.45) is 0 Å². The van der Waals surface area contributed by atoms with Gasteiger partial charge in [0.2, 0.25) is 0 Å². The van der Waals surface area contributed by atoms with Gasteiger partial charge in [-0.25, -0.2) is 19.1 Å². The van der Waals surface area contributed by atoms with Crippen molar-refractivity contribution >= 4 is 31.7 Å². The van der Waals surface area contributed by atoms with Crippen LogP contribution in [-0.2, 0) is 17.4 Å². The second-order valence-corrected chi connectivity index (χ2v) is 19.1. The van der Waals surface area contributed by atoms with Crippen LogP contribution in [0.4, 0.5) is 22.1 Å². The largest absolute Gasteiger partial charge is 0.497 e. The lowest BCUT2D eigenvalue weighted by atomic mass is 10.1. The average Bonchev–Trinajstić information content (AvgIpc) is 3.88. The Labute approximate surface area is 301 Å². The third-order valence-electron chi connectivity index (χ3n) is 9.78. The minimum absolute atomic E-state index is 0.0713. The van der Waals surface area contributed by atoms with Crippen LogP contribution in [0, 0.1) is 6.92 Å². The van der Waals surface area contributed by atoms with E-state index >= 15 is 0 Å². The van der Waals surface area contributed by atoms with Crippen LogP contribution in [0.2, 0.25) is 18.1 Å². The summed E-state index contributed by atoms with van der Waals surface area (Å²) in [6.07, 6.45) is 6.14. The SMILES string of the molecule is COc1ccc(CN2CCN(c3ccn(-c4cc(C)nc(Nc5ccc(-n6cccn6)cc5OC)c4CCO[Si](C)(C)C(C)(C)C)n3)C2=O)cc1. The van der Waals surface area contributed by atoms with E-state index in [-0.39, 0.29) is 11.1 Å². The first-order valence-electron chi connectivity index (χ1n) is 17.2. The number of carbonyl (C=O) groups is 1. The molecule has 12 nitrogen and oxygen atoms in total. The summed E-state index contributed by atoms with van der Waals surface area (Å²) in [5.41, 5.74) is 5.32. The van der Waals surface area contributed by atoms with Gasteiger partial charge in [-0.05, 0) is 67.0 Å². The number of pyridine rings is 1. The number of nitrogens with one attached hydrogen (secondary N) is 1. The Morgan fingerprint density at radius 3 is 2.41 bits per heavy atom. The standard InChI is InChI=1S/C38H48N8O4Si/c1-27-24-33(46-20-16-35(42-46)44-22-21-43(37(44)47)26-28-10-13-30(48-5)14-11-28)31(17-23-50-51(7,8)38(2,3)4)36(40-27)41-32-15-12-29(25-34(32)49-6)45-19-9-18-39-45/h9-16,18-20,24-25H,17,21-23,26H2,1-8H3,(H,40,41). The molecule has 3 aromatic heterocycles. The molecule has 4 heterocycles. The number of methoxy groups -OCH3 is 2. The summed E-state index contributed by atoms with van der Waals surface area (Å²) in [7, 11) is 1.28. The van der Waals surface area contributed by atoms with E-state index in [0.717, 1.165) is 39.6 Å². The van der Waals surface area contributed by atoms with Crippen LogP contribution in [0.15, 0.2) is 79.3 Å². The number of benzene rings is 2. The molecule has 1 saturated heterocycles. The number of anilines is 3. The van der Waals surface area contributed by atoms with E-state index in [1.807, 2.05) is 89.6 Å². The summed E-state index contributed by atoms with van der Waals surface area (Å²) in [5.74, 6) is 2.73. The molecule has 51 heavy (non-hydrogen) atoms. The molecule has 0 radical (unpaired) electrons. The Morgan fingerprint density at radius 2 is 1.73 bits per heavy atom. The zero-order valence-corrected chi connectivity index (χ0v) is 31.8. The second-order valence-electron chi connectivity index (χ2n) is 14.3. The van der Waals surface area contributed by atoms with Gasteiger partial charge in [-0.1, -0.05) is 32.9 Å². The average molecular weight is 709 g/mol. The molecule has 1 aliphatic heterocycles. The number of aryl methyl sites for hydroxylation is 1. The molecule has 0 aliphatic carbocycles. The van der Waals surface area contributed by atoms with Gasteiger partial charge >= 0.3 is 6.03 Å². The lowest BCUT2D eigenvalue weighted by molar-refractivity contribution is 0.218. The molecule has 6 rings (SSSR count). The monoisotopic (exact) mass is 708 g/mol. The van der Waals surface area contributed by atoms with E-state index < -0.39 is 8.32 Å². The van der Waals surface area contributed by atoms with Crippen LogP contribution >= 0.6 is 0 Å². The smallest absolute Gasteiger partial charge is 0.326 e. The zero-order valence-electron chi connectivity index (χ0n) is 30.8. The summed E-state index contributed by atoms with van der Waals surface area (Å²) in [6, 6.07) is 19.4. The molecule has 0 spiro atoms. The van der Waals surface area contributed by atoms with Gasteiger partial charge in [-0.3, -0.25) is 4.90 Å². The Morgan fingerprint density at radius 1 is 0.941 bits per heavy atom. The van der Waals surface area contributed by atoms with Gasteiger partial charge in [0.25, 0.3) is 0 Å². The molecule has 0 saturated carbocycles. The molecule has 1 aliphatic rings. The number of hydrogen-bond donors (Lipinski definition) is 1. The molecule has 1 N–H and O–H groups in total. The molecular formula is C38H48N8O4Si. The molecule has 2 amide bonds. The summed E-state index contributed by atoms with van der Waals surface area (Å²) >= 11 is 0. The van der Waals surface area contributed by atoms with Crippen molar-refractivity contribution in [1.29, 1.82) is 0 Å². The van der Waals surface area contributed by atoms with Gasteiger partial charge in [-0.15, -0.1) is 5.10 Å². The quantitative estimate of drug-likeness (QED) is 0.125. The van der Waals surface area contributed by atoms with E-state index in [9.17, 15) is 4.79 Å². The predicted molar refractivity (Wildman–Crippen MR) is 202 cm³/mol. The first kappa shape index (κ1) is 35.7. The summed E-state index contributed by atoms with van der Waals surface area (Å²) in [6.45, 7) is 15.4. The van der Waals surface area contributed by atoms with Gasteiger partial charge in [0, 0.05) is 74.6 Å². The molecule has 13 heteroatoms. The van der Waals surface area contributed by atoms with E-state index in [1.165, 1.54) is 0 Å². The van der Waals surface area contributed by atoms with Crippen LogP contribution in [0.25, 0.3) is 11.4 Å².